The Kier molecular flexibility index (Phi) is 3.73. The number of hydrogen-bond donors (Lipinski definition) is 0. The van der Waals surface area contributed by atoms with Gasteiger partial charge in [-0.1, -0.05) is 63.1 Å². The van der Waals surface area contributed by atoms with E-state index >= 15 is 0 Å². The zero-order chi connectivity index (χ0) is 15.1. The Morgan fingerprint density at radius 2 is 2.00 bits per heavy atom. The molecule has 2 heteroatoms. The Morgan fingerprint density at radius 1 is 1.29 bits per heavy atom. The van der Waals surface area contributed by atoms with Gasteiger partial charge in [0.25, 0.3) is 0 Å². The van der Waals surface area contributed by atoms with E-state index in [1.54, 1.807) is 6.08 Å². The van der Waals surface area contributed by atoms with Gasteiger partial charge in [-0.2, -0.15) is 0 Å². The molecule has 1 aromatic carbocycles. The lowest BCUT2D eigenvalue weighted by Gasteiger charge is -2.66. The monoisotopic (exact) mass is 302 g/mol. The van der Waals surface area contributed by atoms with E-state index in [0.29, 0.717) is 5.92 Å². The number of ketones is 1. The standard InChI is InChI=1S/C19H23ClO/c1-3-4-11-18-12-10-16(21)17(20)19(18,14(2)13-18)15-8-6-5-7-9-15/h5-10,12,14,17H,3-4,11,13H2,1-2H3/t14-,17-,18+,19-/m0/s1. The predicted molar refractivity (Wildman–Crippen MR) is 87.6 cm³/mol. The first-order valence-electron chi connectivity index (χ1n) is 8.01. The summed E-state index contributed by atoms with van der Waals surface area (Å²) >= 11 is 6.72. The van der Waals surface area contributed by atoms with Crippen LogP contribution in [0.2, 0.25) is 0 Å². The van der Waals surface area contributed by atoms with Crippen LogP contribution in [-0.4, -0.2) is 11.2 Å². The molecule has 1 fully saturated rings. The van der Waals surface area contributed by atoms with Crippen LogP contribution >= 0.6 is 11.6 Å². The molecule has 2 aliphatic rings. The third-order valence-corrected chi connectivity index (χ3v) is 6.28. The SMILES string of the molecule is CCCC[C@]12C=CC(=O)[C@H](Cl)[C@@]1(c1ccccc1)[C@@H](C)C2. The van der Waals surface area contributed by atoms with Gasteiger partial charge in [0.05, 0.1) is 0 Å². The van der Waals surface area contributed by atoms with Crippen LogP contribution in [0.4, 0.5) is 0 Å². The second kappa shape index (κ2) is 5.28. The third-order valence-electron chi connectivity index (χ3n) is 5.72. The van der Waals surface area contributed by atoms with Crippen LogP contribution in [0.15, 0.2) is 42.5 Å². The van der Waals surface area contributed by atoms with E-state index in [1.807, 2.05) is 6.07 Å². The number of unbranched alkanes of at least 4 members (excludes halogenated alkanes) is 1. The molecular weight excluding hydrogens is 280 g/mol. The van der Waals surface area contributed by atoms with E-state index in [4.69, 9.17) is 11.6 Å². The Hall–Kier alpha value is -1.08. The van der Waals surface area contributed by atoms with Gasteiger partial charge in [-0.05, 0) is 30.4 Å². The molecule has 0 amide bonds. The van der Waals surface area contributed by atoms with Crippen LogP contribution in [0.5, 0.6) is 0 Å². The molecular formula is C19H23ClO. The van der Waals surface area contributed by atoms with Gasteiger partial charge in [-0.15, -0.1) is 11.6 Å². The molecule has 112 valence electrons. The van der Waals surface area contributed by atoms with Crippen molar-refractivity contribution in [3.8, 4) is 0 Å². The highest BCUT2D eigenvalue weighted by atomic mass is 35.5. The Balaban J connectivity index is 2.15. The minimum atomic E-state index is -0.439. The topological polar surface area (TPSA) is 17.1 Å². The molecule has 4 atom stereocenters. The number of rotatable bonds is 4. The van der Waals surface area contributed by atoms with Crippen LogP contribution in [0.1, 0.15) is 45.1 Å². The average molecular weight is 303 g/mol. The molecule has 0 radical (unpaired) electrons. The number of carbonyl (C=O) groups is 1. The van der Waals surface area contributed by atoms with Crippen molar-refractivity contribution in [1.82, 2.24) is 0 Å². The van der Waals surface area contributed by atoms with Crippen LogP contribution in [0.3, 0.4) is 0 Å². The maximum atomic E-state index is 12.3. The minimum absolute atomic E-state index is 0.0596. The number of carbonyl (C=O) groups excluding carboxylic acids is 1. The lowest BCUT2D eigenvalue weighted by atomic mass is 9.38. The molecule has 0 heterocycles. The fraction of sp³-hybridized carbons (Fsp3) is 0.526. The predicted octanol–water partition coefficient (Wildman–Crippen LogP) is 4.89. The smallest absolute Gasteiger partial charge is 0.174 e. The lowest BCUT2D eigenvalue weighted by molar-refractivity contribution is -0.125. The highest BCUT2D eigenvalue weighted by Gasteiger charge is 2.68. The van der Waals surface area contributed by atoms with E-state index < -0.39 is 5.38 Å². The Morgan fingerprint density at radius 3 is 2.62 bits per heavy atom. The highest BCUT2D eigenvalue weighted by Crippen LogP contribution is 2.68. The fourth-order valence-electron chi connectivity index (χ4n) is 4.81. The summed E-state index contributed by atoms with van der Waals surface area (Å²) in [5.74, 6) is 0.507. The molecule has 21 heavy (non-hydrogen) atoms. The molecule has 3 rings (SSSR count). The zero-order valence-electron chi connectivity index (χ0n) is 12.8. The van der Waals surface area contributed by atoms with Gasteiger partial charge in [-0.25, -0.2) is 0 Å². The second-order valence-electron chi connectivity index (χ2n) is 6.70. The van der Waals surface area contributed by atoms with Crippen LogP contribution in [-0.2, 0) is 10.2 Å². The second-order valence-corrected chi connectivity index (χ2v) is 7.13. The molecule has 0 bridgehead atoms. The average Bonchev–Trinajstić information content (AvgIpc) is 2.49. The third kappa shape index (κ3) is 1.86. The number of benzene rings is 1. The van der Waals surface area contributed by atoms with Crippen molar-refractivity contribution in [1.29, 1.82) is 0 Å². The van der Waals surface area contributed by atoms with Crippen molar-refractivity contribution in [2.45, 2.75) is 50.3 Å². The number of alkyl halides is 1. The highest BCUT2D eigenvalue weighted by molar-refractivity contribution is 6.34. The van der Waals surface area contributed by atoms with Crippen molar-refractivity contribution in [3.05, 3.63) is 48.0 Å². The number of halogens is 1. The van der Waals surface area contributed by atoms with Crippen molar-refractivity contribution < 1.29 is 4.79 Å². The molecule has 0 unspecified atom stereocenters. The minimum Gasteiger partial charge on any atom is -0.293 e. The summed E-state index contributed by atoms with van der Waals surface area (Å²) in [6.07, 6.45) is 8.53. The van der Waals surface area contributed by atoms with E-state index in [0.717, 1.165) is 12.8 Å². The number of hydrogen-bond acceptors (Lipinski definition) is 1. The van der Waals surface area contributed by atoms with Gasteiger partial charge in [0, 0.05) is 10.8 Å². The summed E-state index contributed by atoms with van der Waals surface area (Å²) in [6, 6.07) is 10.5. The molecule has 2 aliphatic carbocycles. The quantitative estimate of drug-likeness (QED) is 0.724. The summed E-state index contributed by atoms with van der Waals surface area (Å²) in [4.78, 5) is 12.3. The first kappa shape index (κ1) is 14.8. The number of allylic oxidation sites excluding steroid dienone is 2. The van der Waals surface area contributed by atoms with Gasteiger partial charge in [0.2, 0.25) is 0 Å². The maximum absolute atomic E-state index is 12.3. The van der Waals surface area contributed by atoms with Crippen LogP contribution in [0, 0.1) is 11.3 Å². The zero-order valence-corrected chi connectivity index (χ0v) is 13.6. The van der Waals surface area contributed by atoms with E-state index in [9.17, 15) is 4.79 Å². The molecule has 1 saturated carbocycles. The van der Waals surface area contributed by atoms with Gasteiger partial charge in [0.1, 0.15) is 5.38 Å². The van der Waals surface area contributed by atoms with Crippen LogP contribution in [0.25, 0.3) is 0 Å². The van der Waals surface area contributed by atoms with Crippen LogP contribution < -0.4 is 0 Å². The first-order chi connectivity index (χ1) is 10.1. The largest absolute Gasteiger partial charge is 0.293 e. The summed E-state index contributed by atoms with van der Waals surface area (Å²) in [5.41, 5.74) is 1.07. The summed E-state index contributed by atoms with van der Waals surface area (Å²) in [5, 5.41) is -0.439. The maximum Gasteiger partial charge on any atom is 0.174 e. The normalized spacial score (nSPS) is 38.0. The van der Waals surface area contributed by atoms with Gasteiger partial charge in [0.15, 0.2) is 5.78 Å². The summed E-state index contributed by atoms with van der Waals surface area (Å²) in [6.45, 7) is 4.47. The van der Waals surface area contributed by atoms with Crippen molar-refractivity contribution >= 4 is 17.4 Å². The Labute approximate surface area is 132 Å². The molecule has 0 saturated heterocycles. The summed E-state index contributed by atoms with van der Waals surface area (Å²) < 4.78 is 0. The van der Waals surface area contributed by atoms with E-state index in [1.165, 1.54) is 18.4 Å². The summed E-state index contributed by atoms with van der Waals surface area (Å²) in [7, 11) is 0. The van der Waals surface area contributed by atoms with E-state index in [-0.39, 0.29) is 16.6 Å². The molecule has 0 spiro atoms. The van der Waals surface area contributed by atoms with Gasteiger partial charge >= 0.3 is 0 Å². The fourth-order valence-corrected chi connectivity index (χ4v) is 5.44. The number of fused-ring (bicyclic) bond motifs is 1. The lowest BCUT2D eigenvalue weighted by Crippen LogP contribution is -2.67. The molecule has 0 N–H and O–H groups in total. The van der Waals surface area contributed by atoms with Crippen molar-refractivity contribution in [2.75, 3.05) is 0 Å². The van der Waals surface area contributed by atoms with Gasteiger partial charge in [-0.3, -0.25) is 4.79 Å². The first-order valence-corrected chi connectivity index (χ1v) is 8.45. The molecule has 1 aromatic rings. The van der Waals surface area contributed by atoms with Gasteiger partial charge < -0.3 is 0 Å². The molecule has 0 aliphatic heterocycles. The van der Waals surface area contributed by atoms with Crippen molar-refractivity contribution in [3.63, 3.8) is 0 Å². The molecule has 1 nitrogen and oxygen atoms in total. The van der Waals surface area contributed by atoms with Crippen molar-refractivity contribution in [2.24, 2.45) is 11.3 Å². The van der Waals surface area contributed by atoms with E-state index in [2.05, 4.69) is 44.2 Å². The Bertz CT molecular complexity index is 564. The molecule has 0 aromatic heterocycles.